The number of ketones is 1. The van der Waals surface area contributed by atoms with Crippen molar-refractivity contribution < 1.29 is 57.6 Å². The van der Waals surface area contributed by atoms with Crippen LogP contribution in [0.4, 0.5) is 0 Å². The zero-order valence-corrected chi connectivity index (χ0v) is 40.7. The molecule has 12 heteroatoms. The lowest BCUT2D eigenvalue weighted by molar-refractivity contribution is -0.184. The Hall–Kier alpha value is -4.84. The van der Waals surface area contributed by atoms with Crippen LogP contribution in [-0.2, 0) is 59.1 Å². The Balaban J connectivity index is 2.26. The standard InChI is InChI=1S/C52H74O12/c1-14-17-26-60-43(56)51(12,33-52(13,48(8,9)16-3)46(59)61-28-35(4)53)32-50(11,45(58)64-34-63-42(55)36(5)54)31-49(10,30-47(6,7)15-2)44(57)62-29-41-39-24-20-18-22-37(39)27-38-23-19-21-25-40(38)41/h18-25,27,35,53H,14-17,26,28-34H2,1-13H3. The molecular formula is C52H74O12. The lowest BCUT2D eigenvalue weighted by atomic mass is 9.55. The molecule has 5 unspecified atom stereocenters. The van der Waals surface area contributed by atoms with Crippen molar-refractivity contribution in [2.45, 2.75) is 154 Å². The third-order valence-corrected chi connectivity index (χ3v) is 13.5. The molecule has 0 spiro atoms. The van der Waals surface area contributed by atoms with Crippen LogP contribution in [-0.4, -0.2) is 66.8 Å². The van der Waals surface area contributed by atoms with Gasteiger partial charge in [-0.15, -0.1) is 0 Å². The molecular weight excluding hydrogens is 817 g/mol. The Morgan fingerprint density at radius 1 is 0.609 bits per heavy atom. The van der Waals surface area contributed by atoms with Crippen LogP contribution in [0, 0.1) is 32.5 Å². The first-order valence-corrected chi connectivity index (χ1v) is 22.7. The summed E-state index contributed by atoms with van der Waals surface area (Å²) < 4.78 is 28.6. The van der Waals surface area contributed by atoms with E-state index in [2.05, 4.69) is 6.07 Å². The number of benzene rings is 3. The monoisotopic (exact) mass is 891 g/mol. The number of aliphatic hydroxyl groups excluding tert-OH is 1. The van der Waals surface area contributed by atoms with Gasteiger partial charge in [0.05, 0.1) is 34.4 Å². The summed E-state index contributed by atoms with van der Waals surface area (Å²) in [4.78, 5) is 82.6. The smallest absolute Gasteiger partial charge is 0.377 e. The number of hydrogen-bond donors (Lipinski definition) is 1. The number of ether oxygens (including phenoxy) is 5. The van der Waals surface area contributed by atoms with Crippen molar-refractivity contribution >= 4 is 57.2 Å². The third kappa shape index (κ3) is 13.1. The van der Waals surface area contributed by atoms with Gasteiger partial charge in [-0.05, 0) is 112 Å². The largest absolute Gasteiger partial charge is 0.465 e. The van der Waals surface area contributed by atoms with Gasteiger partial charge in [0.2, 0.25) is 12.6 Å². The van der Waals surface area contributed by atoms with E-state index in [0.29, 0.717) is 19.3 Å². The van der Waals surface area contributed by atoms with E-state index in [0.717, 1.165) is 40.5 Å². The van der Waals surface area contributed by atoms with E-state index in [9.17, 15) is 29.1 Å². The van der Waals surface area contributed by atoms with Crippen LogP contribution in [0.3, 0.4) is 0 Å². The summed E-state index contributed by atoms with van der Waals surface area (Å²) in [6.45, 7) is 21.8. The highest BCUT2D eigenvalue weighted by molar-refractivity contribution is 6.32. The summed E-state index contributed by atoms with van der Waals surface area (Å²) in [6, 6.07) is 17.9. The van der Waals surface area contributed by atoms with Gasteiger partial charge < -0.3 is 28.8 Å². The number of hydrogen-bond acceptors (Lipinski definition) is 12. The SMILES string of the molecule is CCCCOC(=O)C(C)(CC(C)(CC(C)(CC(C)(C)CC)C(=O)OCc1c2ccccc2cc2ccccc12)C(=O)OCOC(=O)C(C)=O)CC(C)(C(=O)OCC(C)O)C(C)(C)CC. The average molecular weight is 891 g/mol. The number of rotatable bonds is 25. The maximum atomic E-state index is 15.0. The maximum absolute atomic E-state index is 15.0. The predicted molar refractivity (Wildman–Crippen MR) is 247 cm³/mol. The Bertz CT molecular complexity index is 2080. The number of Topliss-reactive ketones (excluding diaryl/α,β-unsaturated/α-hetero) is 1. The Morgan fingerprint density at radius 3 is 1.61 bits per heavy atom. The lowest BCUT2D eigenvalue weighted by Gasteiger charge is -2.48. The molecule has 5 atom stereocenters. The normalized spacial score (nSPS) is 16.3. The zero-order valence-electron chi connectivity index (χ0n) is 40.7. The van der Waals surface area contributed by atoms with Crippen LogP contribution in [0.15, 0.2) is 54.6 Å². The zero-order chi connectivity index (χ0) is 48.3. The molecule has 64 heavy (non-hydrogen) atoms. The number of aliphatic hydroxyl groups is 1. The second kappa shape index (κ2) is 21.9. The molecule has 0 bridgehead atoms. The van der Waals surface area contributed by atoms with Crippen molar-refractivity contribution in [2.75, 3.05) is 20.0 Å². The number of fused-ring (bicyclic) bond motifs is 2. The topological polar surface area (TPSA) is 169 Å². The molecule has 0 aliphatic carbocycles. The van der Waals surface area contributed by atoms with Gasteiger partial charge in [0, 0.05) is 12.5 Å². The molecule has 0 amide bonds. The first-order chi connectivity index (χ1) is 29.7. The number of unbranched alkanes of at least 4 members (excludes halogenated alkanes) is 1. The summed E-state index contributed by atoms with van der Waals surface area (Å²) in [7, 11) is 0. The number of carbonyl (C=O) groups is 6. The van der Waals surface area contributed by atoms with Gasteiger partial charge in [0.1, 0.15) is 13.2 Å². The lowest BCUT2D eigenvalue weighted by Crippen LogP contribution is -2.51. The maximum Gasteiger partial charge on any atom is 0.377 e. The molecule has 12 nitrogen and oxygen atoms in total. The molecule has 3 rings (SSSR count). The highest BCUT2D eigenvalue weighted by atomic mass is 16.7. The summed E-state index contributed by atoms with van der Waals surface area (Å²) in [5.74, 6) is -4.86. The second-order valence-corrected chi connectivity index (χ2v) is 20.3. The minimum absolute atomic E-state index is 0.0640. The molecule has 0 radical (unpaired) electrons. The summed E-state index contributed by atoms with van der Waals surface area (Å²) in [5, 5.41) is 13.9. The minimum atomic E-state index is -1.72. The van der Waals surface area contributed by atoms with Crippen molar-refractivity contribution in [3.8, 4) is 0 Å². The predicted octanol–water partition coefficient (Wildman–Crippen LogP) is 10.4. The molecule has 1 N–H and O–H groups in total. The van der Waals surface area contributed by atoms with Crippen molar-refractivity contribution in [2.24, 2.45) is 32.5 Å². The molecule has 0 aliphatic rings. The fourth-order valence-electron chi connectivity index (χ4n) is 9.11. The fraction of sp³-hybridized carbons (Fsp3) is 0.615. The first kappa shape index (κ1) is 53.5. The molecule has 0 aliphatic heterocycles. The molecule has 0 aromatic heterocycles. The molecule has 354 valence electrons. The quantitative estimate of drug-likeness (QED) is 0.0214. The van der Waals surface area contributed by atoms with Crippen LogP contribution in [0.5, 0.6) is 0 Å². The third-order valence-electron chi connectivity index (χ3n) is 13.5. The highest BCUT2D eigenvalue weighted by Crippen LogP contribution is 2.55. The number of esters is 5. The van der Waals surface area contributed by atoms with Gasteiger partial charge in [-0.3, -0.25) is 24.0 Å². The van der Waals surface area contributed by atoms with Crippen LogP contribution in [0.2, 0.25) is 0 Å². The molecule has 3 aromatic carbocycles. The van der Waals surface area contributed by atoms with Crippen molar-refractivity contribution in [3.05, 3.63) is 60.2 Å². The highest BCUT2D eigenvalue weighted by Gasteiger charge is 2.58. The van der Waals surface area contributed by atoms with Gasteiger partial charge in [0.15, 0.2) is 0 Å². The molecule has 0 saturated carbocycles. The first-order valence-electron chi connectivity index (χ1n) is 22.7. The summed E-state index contributed by atoms with van der Waals surface area (Å²) in [5.41, 5.74) is -6.47. The number of carbonyl (C=O) groups excluding carboxylic acids is 6. The summed E-state index contributed by atoms with van der Waals surface area (Å²) in [6.07, 6.45) is 1.16. The second-order valence-electron chi connectivity index (χ2n) is 20.3. The molecule has 0 heterocycles. The van der Waals surface area contributed by atoms with E-state index >= 15 is 4.79 Å². The van der Waals surface area contributed by atoms with Gasteiger partial charge in [-0.2, -0.15) is 0 Å². The van der Waals surface area contributed by atoms with Crippen LogP contribution >= 0.6 is 0 Å². The minimum Gasteiger partial charge on any atom is -0.465 e. The van der Waals surface area contributed by atoms with Crippen LogP contribution in [0.1, 0.15) is 147 Å². The van der Waals surface area contributed by atoms with Gasteiger partial charge in [0.25, 0.3) is 0 Å². The van der Waals surface area contributed by atoms with E-state index in [1.54, 1.807) is 27.7 Å². The molecule has 3 aromatic rings. The Labute approximate surface area is 380 Å². The van der Waals surface area contributed by atoms with E-state index in [1.807, 2.05) is 97.0 Å². The molecule has 0 saturated heterocycles. The van der Waals surface area contributed by atoms with E-state index in [-0.39, 0.29) is 45.5 Å². The van der Waals surface area contributed by atoms with E-state index in [4.69, 9.17) is 23.7 Å². The van der Waals surface area contributed by atoms with Crippen molar-refractivity contribution in [3.63, 3.8) is 0 Å². The van der Waals surface area contributed by atoms with Crippen LogP contribution in [0.25, 0.3) is 21.5 Å². The van der Waals surface area contributed by atoms with Gasteiger partial charge in [-0.25, -0.2) is 4.79 Å². The summed E-state index contributed by atoms with van der Waals surface area (Å²) >= 11 is 0. The van der Waals surface area contributed by atoms with Gasteiger partial charge in [-0.1, -0.05) is 110 Å². The van der Waals surface area contributed by atoms with E-state index < -0.39 is 81.0 Å². The Kier molecular flexibility index (Phi) is 18.3. The van der Waals surface area contributed by atoms with Crippen molar-refractivity contribution in [1.82, 2.24) is 0 Å². The van der Waals surface area contributed by atoms with Crippen LogP contribution < -0.4 is 0 Å². The molecule has 0 fully saturated rings. The Morgan fingerprint density at radius 2 is 1.11 bits per heavy atom. The average Bonchev–Trinajstić information content (AvgIpc) is 3.23. The van der Waals surface area contributed by atoms with Gasteiger partial charge >= 0.3 is 29.8 Å². The van der Waals surface area contributed by atoms with E-state index in [1.165, 1.54) is 6.92 Å². The fourth-order valence-corrected chi connectivity index (χ4v) is 9.11. The van der Waals surface area contributed by atoms with Crippen molar-refractivity contribution in [1.29, 1.82) is 0 Å².